The van der Waals surface area contributed by atoms with Gasteiger partial charge in [-0.05, 0) is 36.1 Å². The number of benzene rings is 1. The molecule has 25 heavy (non-hydrogen) atoms. The second kappa shape index (κ2) is 9.09. The van der Waals surface area contributed by atoms with Crippen LogP contribution < -0.4 is 0 Å². The zero-order valence-electron chi connectivity index (χ0n) is 14.7. The second-order valence-electron chi connectivity index (χ2n) is 5.41. The molecule has 0 bridgehead atoms. The normalized spacial score (nSPS) is 13.0. The van der Waals surface area contributed by atoms with Crippen LogP contribution in [0.4, 0.5) is 0 Å². The van der Waals surface area contributed by atoms with Crippen LogP contribution in [0, 0.1) is 12.3 Å². The van der Waals surface area contributed by atoms with Gasteiger partial charge in [0.15, 0.2) is 4.91 Å². The van der Waals surface area contributed by atoms with Crippen LogP contribution >= 0.6 is 0 Å². The Morgan fingerprint density at radius 2 is 1.84 bits per heavy atom. The van der Waals surface area contributed by atoms with Crippen LogP contribution in [0.2, 0.25) is 0 Å². The lowest BCUT2D eigenvalue weighted by atomic mass is 10.0. The summed E-state index contributed by atoms with van der Waals surface area (Å²) >= 11 is 0. The quantitative estimate of drug-likeness (QED) is 0.438. The first-order valence-electron chi connectivity index (χ1n) is 7.90. The number of carbonyl (C=O) groups is 1. The monoisotopic (exact) mass is 361 g/mol. The van der Waals surface area contributed by atoms with E-state index in [1.807, 2.05) is 6.92 Å². The molecule has 0 saturated carbocycles. The van der Waals surface area contributed by atoms with Gasteiger partial charge in [0.25, 0.3) is 0 Å². The summed E-state index contributed by atoms with van der Waals surface area (Å²) in [4.78, 5) is 13.0. The molecule has 1 N–H and O–H groups in total. The highest BCUT2D eigenvalue weighted by Gasteiger charge is 2.30. The molecule has 6 heteroatoms. The van der Waals surface area contributed by atoms with Crippen molar-refractivity contribution in [3.05, 3.63) is 52.6 Å². The molecule has 1 rings (SSSR count). The fourth-order valence-electron chi connectivity index (χ4n) is 2.50. The van der Waals surface area contributed by atoms with Crippen LogP contribution in [0.15, 0.2) is 57.5 Å². The molecule has 0 unspecified atom stereocenters. The van der Waals surface area contributed by atoms with Gasteiger partial charge in [0, 0.05) is 13.2 Å². The fourth-order valence-corrected chi connectivity index (χ4v) is 4.08. The highest BCUT2D eigenvalue weighted by molar-refractivity contribution is 7.96. The van der Waals surface area contributed by atoms with E-state index in [-0.39, 0.29) is 11.3 Å². The third kappa shape index (κ3) is 4.97. The van der Waals surface area contributed by atoms with E-state index in [9.17, 15) is 18.3 Å². The first-order valence-corrected chi connectivity index (χ1v) is 9.39. The maximum absolute atomic E-state index is 12.9. The van der Waals surface area contributed by atoms with Crippen molar-refractivity contribution in [3.8, 4) is 12.3 Å². The Morgan fingerprint density at radius 3 is 2.28 bits per heavy atom. The maximum Gasteiger partial charge on any atom is 0.348 e. The lowest BCUT2D eigenvalue weighted by molar-refractivity contribution is -0.131. The molecule has 1 aromatic rings. The zero-order valence-corrected chi connectivity index (χ0v) is 15.5. The molecule has 0 amide bonds. The molecule has 0 radical (unpaired) electrons. The van der Waals surface area contributed by atoms with E-state index >= 15 is 0 Å². The molecular weight excluding hydrogens is 338 g/mol. The average molecular weight is 361 g/mol. The molecule has 5 nitrogen and oxygen atoms in total. The third-order valence-electron chi connectivity index (χ3n) is 3.63. The summed E-state index contributed by atoms with van der Waals surface area (Å²) in [7, 11) is -2.38. The van der Waals surface area contributed by atoms with Crippen LogP contribution in [0.1, 0.15) is 26.7 Å². The van der Waals surface area contributed by atoms with Crippen LogP contribution in [0.5, 0.6) is 0 Å². The summed E-state index contributed by atoms with van der Waals surface area (Å²) < 4.78 is 25.8. The van der Waals surface area contributed by atoms with Gasteiger partial charge in [-0.15, -0.1) is 6.42 Å². The number of hydrogen-bond donors (Lipinski definition) is 1. The zero-order chi connectivity index (χ0) is 19.0. The Labute approximate surface area is 149 Å². The minimum absolute atomic E-state index is 0.0363. The van der Waals surface area contributed by atoms with E-state index in [2.05, 4.69) is 5.92 Å². The molecule has 1 aromatic carbocycles. The Morgan fingerprint density at radius 1 is 1.24 bits per heavy atom. The van der Waals surface area contributed by atoms with Crippen LogP contribution in [-0.2, 0) is 14.6 Å². The number of hydrogen-bond acceptors (Lipinski definition) is 4. The molecule has 134 valence electrons. The molecule has 0 aliphatic rings. The van der Waals surface area contributed by atoms with Gasteiger partial charge in [-0.1, -0.05) is 38.0 Å². The Hall–Kier alpha value is -2.52. The van der Waals surface area contributed by atoms with Gasteiger partial charge in [0.2, 0.25) is 9.84 Å². The summed E-state index contributed by atoms with van der Waals surface area (Å²) in [5, 5.41) is 9.64. The van der Waals surface area contributed by atoms with E-state index in [1.165, 1.54) is 12.1 Å². The smallest absolute Gasteiger partial charge is 0.348 e. The predicted molar refractivity (Wildman–Crippen MR) is 98.4 cm³/mol. The van der Waals surface area contributed by atoms with Crippen molar-refractivity contribution in [1.82, 2.24) is 4.90 Å². The topological polar surface area (TPSA) is 74.7 Å². The second-order valence-corrected chi connectivity index (χ2v) is 7.30. The van der Waals surface area contributed by atoms with Crippen molar-refractivity contribution in [2.24, 2.45) is 0 Å². The van der Waals surface area contributed by atoms with Crippen molar-refractivity contribution >= 4 is 15.8 Å². The summed E-state index contributed by atoms with van der Waals surface area (Å²) in [6.07, 6.45) is 7.76. The van der Waals surface area contributed by atoms with Crippen molar-refractivity contribution in [3.63, 3.8) is 0 Å². The molecule has 0 heterocycles. The van der Waals surface area contributed by atoms with E-state index in [4.69, 9.17) is 6.42 Å². The predicted octanol–water partition coefficient (Wildman–Crippen LogP) is 3.07. The van der Waals surface area contributed by atoms with Gasteiger partial charge in [-0.2, -0.15) is 0 Å². The SMILES string of the molecule is C#CCN(C)C=C(CC)C(CC)=C(C(=O)O)S(=O)(=O)c1ccccc1. The van der Waals surface area contributed by atoms with Crippen molar-refractivity contribution in [2.45, 2.75) is 31.6 Å². The van der Waals surface area contributed by atoms with Gasteiger partial charge in [0.1, 0.15) is 0 Å². The Kier molecular flexibility index (Phi) is 7.46. The van der Waals surface area contributed by atoms with Gasteiger partial charge >= 0.3 is 5.97 Å². The molecule has 0 aliphatic carbocycles. The third-order valence-corrected chi connectivity index (χ3v) is 5.48. The van der Waals surface area contributed by atoms with E-state index < -0.39 is 20.7 Å². The van der Waals surface area contributed by atoms with E-state index in [0.717, 1.165) is 0 Å². The lowest BCUT2D eigenvalue weighted by Gasteiger charge is -2.18. The molecule has 0 aliphatic heterocycles. The van der Waals surface area contributed by atoms with Crippen LogP contribution in [-0.4, -0.2) is 38.0 Å². The first-order chi connectivity index (χ1) is 11.8. The summed E-state index contributed by atoms with van der Waals surface area (Å²) in [6, 6.07) is 7.59. The number of allylic oxidation sites excluding steroid dienone is 2. The molecule has 0 fully saturated rings. The summed E-state index contributed by atoms with van der Waals surface area (Å²) in [5.41, 5.74) is 0.930. The molecule has 0 spiro atoms. The van der Waals surface area contributed by atoms with Crippen LogP contribution in [0.3, 0.4) is 0 Å². The number of aliphatic carboxylic acids is 1. The summed E-state index contributed by atoms with van der Waals surface area (Å²) in [6.45, 7) is 3.93. The number of sulfone groups is 1. The van der Waals surface area contributed by atoms with E-state index in [0.29, 0.717) is 24.1 Å². The molecule has 0 saturated heterocycles. The molecular formula is C19H23NO4S. The van der Waals surface area contributed by atoms with Crippen molar-refractivity contribution in [2.75, 3.05) is 13.6 Å². The van der Waals surface area contributed by atoms with Gasteiger partial charge in [-0.25, -0.2) is 13.2 Å². The molecule has 0 atom stereocenters. The fraction of sp³-hybridized carbons (Fsp3) is 0.316. The Balaban J connectivity index is 3.65. The highest BCUT2D eigenvalue weighted by atomic mass is 32.2. The molecule has 0 aromatic heterocycles. The summed E-state index contributed by atoms with van der Waals surface area (Å²) in [5.74, 6) is 1.03. The number of terminal acetylenes is 1. The number of carboxylic acid groups (broad SMARTS) is 1. The largest absolute Gasteiger partial charge is 0.477 e. The number of rotatable bonds is 8. The standard InChI is InChI=1S/C19H23NO4S/c1-5-13-20(4)14-15(6-2)17(7-3)18(19(21)22)25(23,24)16-11-9-8-10-12-16/h1,8-12,14H,6-7,13H2,2-4H3,(H,21,22). The van der Waals surface area contributed by atoms with Crippen molar-refractivity contribution < 1.29 is 18.3 Å². The van der Waals surface area contributed by atoms with E-state index in [1.54, 1.807) is 43.3 Å². The minimum atomic E-state index is -4.13. The first kappa shape index (κ1) is 20.5. The van der Waals surface area contributed by atoms with Gasteiger partial charge in [-0.3, -0.25) is 0 Å². The van der Waals surface area contributed by atoms with Crippen LogP contribution in [0.25, 0.3) is 0 Å². The van der Waals surface area contributed by atoms with Crippen molar-refractivity contribution in [1.29, 1.82) is 0 Å². The average Bonchev–Trinajstić information content (AvgIpc) is 2.58. The minimum Gasteiger partial charge on any atom is -0.477 e. The highest BCUT2D eigenvalue weighted by Crippen LogP contribution is 2.29. The Bertz CT molecular complexity index is 815. The lowest BCUT2D eigenvalue weighted by Crippen LogP contribution is -2.18. The maximum atomic E-state index is 12.9. The number of nitrogens with zero attached hydrogens (tertiary/aromatic N) is 1. The van der Waals surface area contributed by atoms with Gasteiger partial charge in [0.05, 0.1) is 11.4 Å². The van der Waals surface area contributed by atoms with Gasteiger partial charge < -0.3 is 10.0 Å². The number of carboxylic acids is 1.